The van der Waals surface area contributed by atoms with Gasteiger partial charge in [0.05, 0.1) is 24.7 Å². The second-order valence-electron chi connectivity index (χ2n) is 7.67. The van der Waals surface area contributed by atoms with Crippen LogP contribution in [0.15, 0.2) is 91.1 Å². The average molecular weight is 440 g/mol. The van der Waals surface area contributed by atoms with Gasteiger partial charge in [-0.15, -0.1) is 0 Å². The molecular weight excluding hydrogens is 414 g/mol. The largest absolute Gasteiger partial charge is 0.497 e. The summed E-state index contributed by atoms with van der Waals surface area (Å²) in [4.78, 5) is 21.5. The summed E-state index contributed by atoms with van der Waals surface area (Å²) >= 11 is 0. The molecule has 1 heterocycles. The van der Waals surface area contributed by atoms with Gasteiger partial charge in [-0.05, 0) is 23.3 Å². The zero-order chi connectivity index (χ0) is 23.0. The van der Waals surface area contributed by atoms with Crippen molar-refractivity contribution in [1.29, 1.82) is 0 Å². The lowest BCUT2D eigenvalue weighted by molar-refractivity contribution is -0.137. The molecule has 0 spiro atoms. The summed E-state index contributed by atoms with van der Waals surface area (Å²) in [5, 5.41) is 13.0. The molecule has 1 aromatic heterocycles. The van der Waals surface area contributed by atoms with Crippen molar-refractivity contribution in [3.63, 3.8) is 0 Å². The van der Waals surface area contributed by atoms with E-state index in [4.69, 9.17) is 9.72 Å². The SMILES string of the molecule is COc1cccc(CC(Nc2ncc(-c3ccccc3)nc2Cc2ccccc2)C(=O)O)c1. The normalized spacial score (nSPS) is 11.5. The first-order chi connectivity index (χ1) is 16.1. The highest BCUT2D eigenvalue weighted by molar-refractivity contribution is 5.77. The second kappa shape index (κ2) is 10.4. The predicted molar refractivity (Wildman–Crippen MR) is 128 cm³/mol. The van der Waals surface area contributed by atoms with Crippen molar-refractivity contribution in [2.24, 2.45) is 0 Å². The second-order valence-corrected chi connectivity index (χ2v) is 7.67. The molecule has 0 aliphatic rings. The molecule has 0 bridgehead atoms. The summed E-state index contributed by atoms with van der Waals surface area (Å²) in [5.41, 5.74) is 4.32. The number of benzene rings is 3. The number of carboxylic acids is 1. The summed E-state index contributed by atoms with van der Waals surface area (Å²) in [6.07, 6.45) is 2.48. The van der Waals surface area contributed by atoms with E-state index in [1.165, 1.54) is 0 Å². The summed E-state index contributed by atoms with van der Waals surface area (Å²) in [7, 11) is 1.59. The van der Waals surface area contributed by atoms with E-state index in [2.05, 4.69) is 10.3 Å². The van der Waals surface area contributed by atoms with Crippen LogP contribution in [0.4, 0.5) is 5.82 Å². The molecule has 1 atom stereocenters. The Morgan fingerprint density at radius 2 is 1.67 bits per heavy atom. The summed E-state index contributed by atoms with van der Waals surface area (Å²) in [6.45, 7) is 0. The summed E-state index contributed by atoms with van der Waals surface area (Å²) < 4.78 is 5.27. The number of carbonyl (C=O) groups is 1. The number of anilines is 1. The minimum Gasteiger partial charge on any atom is -0.497 e. The fourth-order valence-corrected chi connectivity index (χ4v) is 3.61. The van der Waals surface area contributed by atoms with Crippen LogP contribution in [0, 0.1) is 0 Å². The number of nitrogens with zero attached hydrogens (tertiary/aromatic N) is 2. The van der Waals surface area contributed by atoms with Gasteiger partial charge in [0.15, 0.2) is 0 Å². The van der Waals surface area contributed by atoms with E-state index in [1.54, 1.807) is 13.3 Å². The molecule has 0 saturated carbocycles. The first-order valence-electron chi connectivity index (χ1n) is 10.7. The smallest absolute Gasteiger partial charge is 0.326 e. The molecule has 4 rings (SSSR count). The third-order valence-corrected chi connectivity index (χ3v) is 5.31. The minimum atomic E-state index is -0.961. The number of nitrogens with one attached hydrogen (secondary N) is 1. The van der Waals surface area contributed by atoms with Gasteiger partial charge in [0.1, 0.15) is 17.6 Å². The third-order valence-electron chi connectivity index (χ3n) is 5.31. The fourth-order valence-electron chi connectivity index (χ4n) is 3.61. The van der Waals surface area contributed by atoms with Gasteiger partial charge in [-0.25, -0.2) is 14.8 Å². The van der Waals surface area contributed by atoms with Crippen molar-refractivity contribution >= 4 is 11.8 Å². The third kappa shape index (κ3) is 5.74. The van der Waals surface area contributed by atoms with Crippen molar-refractivity contribution < 1.29 is 14.6 Å². The van der Waals surface area contributed by atoms with Crippen molar-refractivity contribution in [1.82, 2.24) is 9.97 Å². The van der Waals surface area contributed by atoms with Crippen LogP contribution in [-0.4, -0.2) is 34.2 Å². The van der Waals surface area contributed by atoms with Crippen LogP contribution in [0.1, 0.15) is 16.8 Å². The van der Waals surface area contributed by atoms with Crippen molar-refractivity contribution in [3.8, 4) is 17.0 Å². The van der Waals surface area contributed by atoms with Crippen LogP contribution in [-0.2, 0) is 17.6 Å². The molecule has 0 fully saturated rings. The van der Waals surface area contributed by atoms with Crippen molar-refractivity contribution in [2.45, 2.75) is 18.9 Å². The first-order valence-corrected chi connectivity index (χ1v) is 10.7. The topological polar surface area (TPSA) is 84.3 Å². The molecule has 0 aliphatic carbocycles. The van der Waals surface area contributed by atoms with Gasteiger partial charge < -0.3 is 15.2 Å². The lowest BCUT2D eigenvalue weighted by atomic mass is 10.0. The molecule has 2 N–H and O–H groups in total. The average Bonchev–Trinajstić information content (AvgIpc) is 2.86. The van der Waals surface area contributed by atoms with Crippen LogP contribution < -0.4 is 10.1 Å². The molecule has 6 heteroatoms. The molecule has 4 aromatic rings. The molecule has 166 valence electrons. The van der Waals surface area contributed by atoms with Crippen LogP contribution in [0.2, 0.25) is 0 Å². The number of carboxylic acid groups (broad SMARTS) is 1. The van der Waals surface area contributed by atoms with Gasteiger partial charge in [0, 0.05) is 18.4 Å². The number of methoxy groups -OCH3 is 1. The van der Waals surface area contributed by atoms with Crippen molar-refractivity contribution in [2.75, 3.05) is 12.4 Å². The lowest BCUT2D eigenvalue weighted by Crippen LogP contribution is -2.32. The first kappa shape index (κ1) is 22.0. The van der Waals surface area contributed by atoms with E-state index >= 15 is 0 Å². The zero-order valence-electron chi connectivity index (χ0n) is 18.3. The van der Waals surface area contributed by atoms with Gasteiger partial charge in [0.25, 0.3) is 0 Å². The molecule has 1 unspecified atom stereocenters. The molecule has 0 aliphatic heterocycles. The molecule has 33 heavy (non-hydrogen) atoms. The van der Waals surface area contributed by atoms with E-state index in [0.29, 0.717) is 23.7 Å². The Bertz CT molecular complexity index is 1210. The van der Waals surface area contributed by atoms with E-state index in [9.17, 15) is 9.90 Å². The van der Waals surface area contributed by atoms with E-state index < -0.39 is 12.0 Å². The Morgan fingerprint density at radius 1 is 0.970 bits per heavy atom. The fraction of sp³-hybridized carbons (Fsp3) is 0.148. The van der Waals surface area contributed by atoms with Crippen molar-refractivity contribution in [3.05, 3.63) is 108 Å². The molecule has 0 saturated heterocycles. The Hall–Kier alpha value is -4.19. The summed E-state index contributed by atoms with van der Waals surface area (Å²) in [6, 6.07) is 26.3. The van der Waals surface area contributed by atoms with Crippen LogP contribution in [0.25, 0.3) is 11.3 Å². The maximum absolute atomic E-state index is 12.1. The molecule has 0 radical (unpaired) electrons. The Balaban J connectivity index is 1.65. The number of rotatable bonds is 9. The number of hydrogen-bond acceptors (Lipinski definition) is 5. The number of hydrogen-bond donors (Lipinski definition) is 2. The molecule has 3 aromatic carbocycles. The van der Waals surface area contributed by atoms with Crippen LogP contribution in [0.3, 0.4) is 0 Å². The van der Waals surface area contributed by atoms with Gasteiger partial charge >= 0.3 is 5.97 Å². The monoisotopic (exact) mass is 439 g/mol. The van der Waals surface area contributed by atoms with Gasteiger partial charge in [-0.3, -0.25) is 0 Å². The maximum Gasteiger partial charge on any atom is 0.326 e. The van der Waals surface area contributed by atoms with Crippen LogP contribution >= 0.6 is 0 Å². The van der Waals surface area contributed by atoms with Gasteiger partial charge in [-0.1, -0.05) is 72.8 Å². The van der Waals surface area contributed by atoms with Gasteiger partial charge in [0.2, 0.25) is 0 Å². The zero-order valence-corrected chi connectivity index (χ0v) is 18.3. The number of ether oxygens (including phenoxy) is 1. The number of aromatic nitrogens is 2. The van der Waals surface area contributed by atoms with E-state index in [-0.39, 0.29) is 6.42 Å². The van der Waals surface area contributed by atoms with E-state index in [1.807, 2.05) is 84.9 Å². The minimum absolute atomic E-state index is 0.277. The highest BCUT2D eigenvalue weighted by Gasteiger charge is 2.21. The van der Waals surface area contributed by atoms with E-state index in [0.717, 1.165) is 22.4 Å². The predicted octanol–water partition coefficient (Wildman–Crippen LogP) is 4.85. The highest BCUT2D eigenvalue weighted by atomic mass is 16.5. The lowest BCUT2D eigenvalue weighted by Gasteiger charge is -2.18. The number of aliphatic carboxylic acids is 1. The summed E-state index contributed by atoms with van der Waals surface area (Å²) in [5.74, 6) is 0.194. The maximum atomic E-state index is 12.1. The molecular formula is C27H25N3O3. The van der Waals surface area contributed by atoms with Crippen LogP contribution in [0.5, 0.6) is 5.75 Å². The molecule has 6 nitrogen and oxygen atoms in total. The van der Waals surface area contributed by atoms with Gasteiger partial charge in [-0.2, -0.15) is 0 Å². The Kier molecular flexibility index (Phi) is 6.95. The highest BCUT2D eigenvalue weighted by Crippen LogP contribution is 2.23. The Morgan fingerprint density at radius 3 is 2.36 bits per heavy atom. The molecule has 0 amide bonds. The Labute approximate surface area is 192 Å². The standard InChI is InChI=1S/C27H25N3O3/c1-33-22-14-8-11-20(15-22)17-24(27(31)32)30-26-23(16-19-9-4-2-5-10-19)29-25(18-28-26)21-12-6-3-7-13-21/h2-15,18,24H,16-17H2,1H3,(H,28,30)(H,31,32). The quantitative estimate of drug-likeness (QED) is 0.388.